The Morgan fingerprint density at radius 2 is 2.08 bits per heavy atom. The summed E-state index contributed by atoms with van der Waals surface area (Å²) in [5.41, 5.74) is 5.16. The first-order valence-corrected chi connectivity index (χ1v) is 8.10. The number of benzene rings is 1. The molecule has 1 N–H and O–H groups in total. The lowest BCUT2D eigenvalue weighted by Crippen LogP contribution is -2.07. The van der Waals surface area contributed by atoms with Crippen molar-refractivity contribution in [2.45, 2.75) is 19.8 Å². The van der Waals surface area contributed by atoms with Crippen LogP contribution in [0.4, 0.5) is 5.69 Å². The monoisotopic (exact) mass is 319 g/mol. The predicted octanol–water partition coefficient (Wildman–Crippen LogP) is 4.32. The van der Waals surface area contributed by atoms with E-state index < -0.39 is 0 Å². The highest BCUT2D eigenvalue weighted by atomic mass is 16.1. The van der Waals surface area contributed by atoms with Gasteiger partial charge in [-0.3, -0.25) is 4.79 Å². The van der Waals surface area contributed by atoms with E-state index in [0.717, 1.165) is 35.0 Å². The van der Waals surface area contributed by atoms with Crippen molar-refractivity contribution in [3.05, 3.63) is 60.9 Å². The molecule has 2 heterocycles. The summed E-state index contributed by atoms with van der Waals surface area (Å²) in [6.07, 6.45) is 7.23. The smallest absolute Gasteiger partial charge is 0.247 e. The average molecular weight is 319 g/mol. The van der Waals surface area contributed by atoms with Gasteiger partial charge in [-0.1, -0.05) is 44.2 Å². The molecule has 0 fully saturated rings. The van der Waals surface area contributed by atoms with E-state index in [0.29, 0.717) is 5.69 Å². The first kappa shape index (κ1) is 16.0. The van der Waals surface area contributed by atoms with Crippen LogP contribution < -0.4 is 5.32 Å². The molecule has 24 heavy (non-hydrogen) atoms. The van der Waals surface area contributed by atoms with Gasteiger partial charge in [-0.2, -0.15) is 0 Å². The minimum atomic E-state index is -0.238. The van der Waals surface area contributed by atoms with Crippen LogP contribution >= 0.6 is 0 Å². The Labute approximate surface area is 141 Å². The van der Waals surface area contributed by atoms with Crippen molar-refractivity contribution in [2.24, 2.45) is 7.05 Å². The third-order valence-corrected chi connectivity index (χ3v) is 4.07. The maximum absolute atomic E-state index is 11.5. The van der Waals surface area contributed by atoms with Crippen molar-refractivity contribution in [3.63, 3.8) is 0 Å². The quantitative estimate of drug-likeness (QED) is 0.712. The van der Waals surface area contributed by atoms with E-state index in [1.807, 2.05) is 17.7 Å². The SMILES string of the molecule is C=CC(=O)Nc1cnc2c(c1)c(-c1ccc(CCC)cc1)cn2C. The largest absolute Gasteiger partial charge is 0.335 e. The lowest BCUT2D eigenvalue weighted by molar-refractivity contribution is -0.111. The van der Waals surface area contributed by atoms with Gasteiger partial charge in [0.25, 0.3) is 0 Å². The van der Waals surface area contributed by atoms with Gasteiger partial charge >= 0.3 is 0 Å². The number of rotatable bonds is 5. The van der Waals surface area contributed by atoms with Crippen LogP contribution in [0.5, 0.6) is 0 Å². The van der Waals surface area contributed by atoms with E-state index in [1.165, 1.54) is 11.6 Å². The molecule has 2 aromatic heterocycles. The second-order valence-corrected chi connectivity index (χ2v) is 5.89. The van der Waals surface area contributed by atoms with Crippen molar-refractivity contribution in [2.75, 3.05) is 5.32 Å². The molecule has 0 aliphatic carbocycles. The van der Waals surface area contributed by atoms with Gasteiger partial charge in [-0.15, -0.1) is 0 Å². The molecule has 0 aliphatic heterocycles. The van der Waals surface area contributed by atoms with Crippen LogP contribution in [0.1, 0.15) is 18.9 Å². The topological polar surface area (TPSA) is 46.9 Å². The molecule has 0 radical (unpaired) electrons. The van der Waals surface area contributed by atoms with Gasteiger partial charge in [0.05, 0.1) is 11.9 Å². The highest BCUT2D eigenvalue weighted by Gasteiger charge is 2.11. The summed E-state index contributed by atoms with van der Waals surface area (Å²) in [5, 5.41) is 3.79. The Morgan fingerprint density at radius 1 is 1.33 bits per heavy atom. The van der Waals surface area contributed by atoms with Crippen LogP contribution in [0, 0.1) is 0 Å². The Morgan fingerprint density at radius 3 is 2.75 bits per heavy atom. The first-order valence-electron chi connectivity index (χ1n) is 8.10. The fraction of sp³-hybridized carbons (Fsp3) is 0.200. The van der Waals surface area contributed by atoms with Crippen LogP contribution in [0.25, 0.3) is 22.2 Å². The van der Waals surface area contributed by atoms with Gasteiger partial charge in [-0.05, 0) is 29.7 Å². The number of anilines is 1. The minimum absolute atomic E-state index is 0.238. The van der Waals surface area contributed by atoms with E-state index in [2.05, 4.69) is 54.3 Å². The maximum atomic E-state index is 11.5. The standard InChI is InChI=1S/C20H21N3O/c1-4-6-14-7-9-15(10-8-14)18-13-23(3)20-17(18)11-16(12-21-20)22-19(24)5-2/h5,7-13H,2,4,6H2,1,3H3,(H,22,24). The molecule has 3 rings (SSSR count). The van der Waals surface area contributed by atoms with Crippen LogP contribution in [0.3, 0.4) is 0 Å². The van der Waals surface area contributed by atoms with Gasteiger partial charge in [-0.25, -0.2) is 4.98 Å². The van der Waals surface area contributed by atoms with Crippen molar-refractivity contribution >= 4 is 22.6 Å². The van der Waals surface area contributed by atoms with E-state index in [1.54, 1.807) is 6.20 Å². The summed E-state index contributed by atoms with van der Waals surface area (Å²) < 4.78 is 2.00. The van der Waals surface area contributed by atoms with Crippen molar-refractivity contribution in [1.29, 1.82) is 0 Å². The number of aromatic nitrogens is 2. The number of nitrogens with zero attached hydrogens (tertiary/aromatic N) is 2. The molecular formula is C20H21N3O. The van der Waals surface area contributed by atoms with E-state index in [4.69, 9.17) is 0 Å². The highest BCUT2D eigenvalue weighted by molar-refractivity contribution is 6.01. The number of aryl methyl sites for hydroxylation is 2. The molecule has 0 atom stereocenters. The summed E-state index contributed by atoms with van der Waals surface area (Å²) in [4.78, 5) is 16.0. The van der Waals surface area contributed by atoms with Crippen molar-refractivity contribution in [1.82, 2.24) is 9.55 Å². The summed E-state index contributed by atoms with van der Waals surface area (Å²) in [5.74, 6) is -0.238. The van der Waals surface area contributed by atoms with Crippen LogP contribution in [-0.2, 0) is 18.3 Å². The van der Waals surface area contributed by atoms with Crippen LogP contribution in [0.2, 0.25) is 0 Å². The Kier molecular flexibility index (Phi) is 4.47. The molecule has 0 saturated heterocycles. The molecular weight excluding hydrogens is 298 g/mol. The second-order valence-electron chi connectivity index (χ2n) is 5.89. The van der Waals surface area contributed by atoms with Crippen molar-refractivity contribution in [3.8, 4) is 11.1 Å². The Hall–Kier alpha value is -2.88. The first-order chi connectivity index (χ1) is 11.6. The molecule has 1 amide bonds. The lowest BCUT2D eigenvalue weighted by atomic mass is 10.0. The number of hydrogen-bond donors (Lipinski definition) is 1. The minimum Gasteiger partial charge on any atom is -0.335 e. The number of carbonyl (C=O) groups excluding carboxylic acids is 1. The summed E-state index contributed by atoms with van der Waals surface area (Å²) >= 11 is 0. The fourth-order valence-electron chi connectivity index (χ4n) is 2.89. The molecule has 122 valence electrons. The number of carbonyl (C=O) groups is 1. The number of pyridine rings is 1. The second kappa shape index (κ2) is 6.71. The number of fused-ring (bicyclic) bond motifs is 1. The summed E-state index contributed by atoms with van der Waals surface area (Å²) in [6, 6.07) is 10.6. The molecule has 0 spiro atoms. The third kappa shape index (κ3) is 3.08. The molecule has 0 aliphatic rings. The molecule has 3 aromatic rings. The van der Waals surface area contributed by atoms with Crippen LogP contribution in [-0.4, -0.2) is 15.5 Å². The Bertz CT molecular complexity index is 891. The van der Waals surface area contributed by atoms with E-state index >= 15 is 0 Å². The summed E-state index contributed by atoms with van der Waals surface area (Å²) in [6.45, 7) is 5.66. The van der Waals surface area contributed by atoms with Gasteiger partial charge in [0.1, 0.15) is 5.65 Å². The molecule has 4 nitrogen and oxygen atoms in total. The van der Waals surface area contributed by atoms with Gasteiger partial charge in [0.2, 0.25) is 5.91 Å². The molecule has 0 saturated carbocycles. The maximum Gasteiger partial charge on any atom is 0.247 e. The van der Waals surface area contributed by atoms with Gasteiger partial charge < -0.3 is 9.88 Å². The van der Waals surface area contributed by atoms with Crippen molar-refractivity contribution < 1.29 is 4.79 Å². The third-order valence-electron chi connectivity index (χ3n) is 4.07. The Balaban J connectivity index is 2.04. The zero-order chi connectivity index (χ0) is 17.1. The van der Waals surface area contributed by atoms with E-state index in [-0.39, 0.29) is 5.91 Å². The number of nitrogens with one attached hydrogen (secondary N) is 1. The normalized spacial score (nSPS) is 10.8. The zero-order valence-electron chi connectivity index (χ0n) is 14.0. The number of hydrogen-bond acceptors (Lipinski definition) is 2. The highest BCUT2D eigenvalue weighted by Crippen LogP contribution is 2.31. The zero-order valence-corrected chi connectivity index (χ0v) is 14.0. The molecule has 4 heteroatoms. The van der Waals surface area contributed by atoms with Gasteiger partial charge in [0, 0.05) is 24.2 Å². The molecule has 0 unspecified atom stereocenters. The summed E-state index contributed by atoms with van der Waals surface area (Å²) in [7, 11) is 1.98. The number of amides is 1. The van der Waals surface area contributed by atoms with E-state index in [9.17, 15) is 4.79 Å². The van der Waals surface area contributed by atoms with Gasteiger partial charge in [0.15, 0.2) is 0 Å². The van der Waals surface area contributed by atoms with Crippen LogP contribution in [0.15, 0.2) is 55.4 Å². The molecule has 1 aromatic carbocycles. The fourth-order valence-corrected chi connectivity index (χ4v) is 2.89. The average Bonchev–Trinajstić information content (AvgIpc) is 2.92. The molecule has 0 bridgehead atoms. The predicted molar refractivity (Wildman–Crippen MR) is 99.0 cm³/mol. The lowest BCUT2D eigenvalue weighted by Gasteiger charge is -2.05.